The van der Waals surface area contributed by atoms with Crippen LogP contribution in [0.3, 0.4) is 0 Å². The smallest absolute Gasteiger partial charge is 0.326 e. The molecule has 1 fully saturated rings. The van der Waals surface area contributed by atoms with Gasteiger partial charge >= 0.3 is 16.2 Å². The maximum atomic E-state index is 15.2. The van der Waals surface area contributed by atoms with Crippen LogP contribution in [0.4, 0.5) is 10.1 Å². The molecule has 0 bridgehead atoms. The fourth-order valence-electron chi connectivity index (χ4n) is 3.53. The van der Waals surface area contributed by atoms with E-state index < -0.39 is 45.3 Å². The fraction of sp³-hybridized carbons (Fsp3) is 0.400. The van der Waals surface area contributed by atoms with E-state index in [1.807, 2.05) is 0 Å². The predicted octanol–water partition coefficient (Wildman–Crippen LogP) is 2.39. The van der Waals surface area contributed by atoms with Gasteiger partial charge in [-0.25, -0.2) is 13.4 Å². The number of nitrogens with zero attached hydrogens (tertiary/aromatic N) is 1. The van der Waals surface area contributed by atoms with Crippen LogP contribution in [-0.2, 0) is 31.0 Å². The molecule has 2 aromatic rings. The lowest BCUT2D eigenvalue weighted by molar-refractivity contribution is -0.151. The molecule has 1 amide bonds. The number of phenolic OH excluding ortho intramolecular Hbond substituents is 1. The first-order valence-corrected chi connectivity index (χ1v) is 10.8. The number of rotatable bonds is 6. The molecule has 0 aromatic heterocycles. The zero-order chi connectivity index (χ0) is 22.3. The highest BCUT2D eigenvalue weighted by molar-refractivity contribution is 7.92. The highest BCUT2D eigenvalue weighted by Gasteiger charge is 2.37. The third kappa shape index (κ3) is 4.04. The summed E-state index contributed by atoms with van der Waals surface area (Å²) < 4.78 is 46.4. The van der Waals surface area contributed by atoms with Gasteiger partial charge in [-0.15, -0.1) is 0 Å². The monoisotopic (exact) mass is 438 g/mol. The summed E-state index contributed by atoms with van der Waals surface area (Å²) in [5.74, 6) is -2.62. The number of methoxy groups -OCH3 is 1. The van der Waals surface area contributed by atoms with Gasteiger partial charge in [0.1, 0.15) is 18.0 Å². The molecule has 1 heterocycles. The zero-order valence-electron chi connectivity index (χ0n) is 16.9. The van der Waals surface area contributed by atoms with Crippen LogP contribution in [0.2, 0.25) is 0 Å². The zero-order valence-corrected chi connectivity index (χ0v) is 17.7. The van der Waals surface area contributed by atoms with E-state index in [1.165, 1.54) is 13.2 Å². The van der Waals surface area contributed by atoms with Gasteiger partial charge < -0.3 is 9.84 Å². The van der Waals surface area contributed by atoms with Crippen molar-refractivity contribution in [3.63, 3.8) is 0 Å². The van der Waals surface area contributed by atoms with E-state index in [0.717, 1.165) is 5.56 Å². The van der Waals surface area contributed by atoms with Gasteiger partial charge in [-0.2, -0.15) is 8.42 Å². The van der Waals surface area contributed by atoms with Crippen molar-refractivity contribution in [3.05, 3.63) is 35.6 Å². The molecule has 10 heteroatoms. The van der Waals surface area contributed by atoms with Crippen molar-refractivity contribution in [3.8, 4) is 5.75 Å². The number of hydrogen-bond donors (Lipinski definition) is 2. The van der Waals surface area contributed by atoms with Crippen molar-refractivity contribution in [1.82, 2.24) is 4.72 Å². The Kier molecular flexibility index (Phi) is 5.64. The Morgan fingerprint density at radius 1 is 1.33 bits per heavy atom. The van der Waals surface area contributed by atoms with Crippen molar-refractivity contribution < 1.29 is 32.2 Å². The van der Waals surface area contributed by atoms with E-state index >= 15 is 4.39 Å². The van der Waals surface area contributed by atoms with Gasteiger partial charge in [-0.1, -0.05) is 12.1 Å². The second-order valence-corrected chi connectivity index (χ2v) is 9.47. The molecular weight excluding hydrogens is 415 g/mol. The van der Waals surface area contributed by atoms with E-state index in [1.54, 1.807) is 36.8 Å². The number of ether oxygens (including phenoxy) is 1. The second kappa shape index (κ2) is 7.75. The SMILES string of the molecule is COC(=O)C(C)(C)CCCc1ccc2cc(O)c(N3CC(=O)NS3(=O)=O)c(F)c2c1. The summed E-state index contributed by atoms with van der Waals surface area (Å²) in [4.78, 5) is 23.3. The third-order valence-electron chi connectivity index (χ3n) is 5.17. The Bertz CT molecular complexity index is 1130. The molecule has 1 aliphatic rings. The van der Waals surface area contributed by atoms with Crippen molar-refractivity contribution in [1.29, 1.82) is 0 Å². The van der Waals surface area contributed by atoms with Gasteiger partial charge in [0.05, 0.1) is 12.5 Å². The van der Waals surface area contributed by atoms with Crippen LogP contribution in [0, 0.1) is 11.2 Å². The van der Waals surface area contributed by atoms with Crippen LogP contribution in [0.1, 0.15) is 32.3 Å². The molecule has 0 spiro atoms. The van der Waals surface area contributed by atoms with Crippen molar-refractivity contribution in [2.45, 2.75) is 33.1 Å². The quantitative estimate of drug-likeness (QED) is 0.670. The Morgan fingerprint density at radius 2 is 2.03 bits per heavy atom. The Labute approximate surface area is 173 Å². The average molecular weight is 438 g/mol. The first-order chi connectivity index (χ1) is 14.0. The number of carbonyl (C=O) groups is 2. The first kappa shape index (κ1) is 21.8. The van der Waals surface area contributed by atoms with E-state index in [0.29, 0.717) is 29.0 Å². The van der Waals surface area contributed by atoms with E-state index in [4.69, 9.17) is 4.74 Å². The lowest BCUT2D eigenvalue weighted by atomic mass is 9.86. The summed E-state index contributed by atoms with van der Waals surface area (Å²) in [7, 11) is -2.92. The lowest BCUT2D eigenvalue weighted by Gasteiger charge is -2.21. The van der Waals surface area contributed by atoms with Crippen LogP contribution in [0.15, 0.2) is 24.3 Å². The maximum absolute atomic E-state index is 15.2. The molecule has 0 saturated carbocycles. The number of benzene rings is 2. The summed E-state index contributed by atoms with van der Waals surface area (Å²) in [6.07, 6.45) is 1.79. The van der Waals surface area contributed by atoms with Crippen LogP contribution in [0.5, 0.6) is 5.75 Å². The van der Waals surface area contributed by atoms with Gasteiger partial charge in [-0.3, -0.25) is 9.59 Å². The van der Waals surface area contributed by atoms with Gasteiger partial charge in [0.15, 0.2) is 5.82 Å². The number of phenols is 1. The van der Waals surface area contributed by atoms with Crippen molar-refractivity contribution >= 4 is 38.5 Å². The topological polar surface area (TPSA) is 113 Å². The van der Waals surface area contributed by atoms with Gasteiger partial charge in [0.25, 0.3) is 5.91 Å². The van der Waals surface area contributed by atoms with Gasteiger partial charge in [0.2, 0.25) is 0 Å². The third-order valence-corrected chi connectivity index (χ3v) is 6.55. The number of amides is 1. The van der Waals surface area contributed by atoms with Crippen LogP contribution >= 0.6 is 0 Å². The summed E-state index contributed by atoms with van der Waals surface area (Å²) in [5.41, 5.74) is -0.415. The largest absolute Gasteiger partial charge is 0.506 e. The fourth-order valence-corrected chi connectivity index (χ4v) is 4.69. The summed E-state index contributed by atoms with van der Waals surface area (Å²) >= 11 is 0. The second-order valence-electron chi connectivity index (χ2n) is 7.88. The number of nitrogens with one attached hydrogen (secondary N) is 1. The van der Waals surface area contributed by atoms with E-state index in [-0.39, 0.29) is 11.4 Å². The molecule has 162 valence electrons. The molecule has 30 heavy (non-hydrogen) atoms. The molecule has 0 radical (unpaired) electrons. The number of aryl methyl sites for hydroxylation is 1. The molecule has 0 unspecified atom stereocenters. The summed E-state index contributed by atoms with van der Waals surface area (Å²) in [6, 6.07) is 6.25. The van der Waals surface area contributed by atoms with Gasteiger partial charge in [0, 0.05) is 5.39 Å². The minimum atomic E-state index is -4.26. The van der Waals surface area contributed by atoms with Crippen molar-refractivity contribution in [2.75, 3.05) is 18.0 Å². The highest BCUT2D eigenvalue weighted by atomic mass is 32.2. The summed E-state index contributed by atoms with van der Waals surface area (Å²) in [5, 5.41) is 10.7. The molecular formula is C20H23FN2O6S. The number of halogens is 1. The number of esters is 1. The van der Waals surface area contributed by atoms with E-state index in [2.05, 4.69) is 0 Å². The number of carbonyl (C=O) groups excluding carboxylic acids is 2. The molecule has 1 aliphatic heterocycles. The lowest BCUT2D eigenvalue weighted by Crippen LogP contribution is -2.30. The van der Waals surface area contributed by atoms with Crippen LogP contribution < -0.4 is 9.03 Å². The number of anilines is 1. The minimum Gasteiger partial charge on any atom is -0.506 e. The Hall–Kier alpha value is -2.88. The molecule has 2 aromatic carbocycles. The van der Waals surface area contributed by atoms with E-state index in [9.17, 15) is 23.1 Å². The average Bonchev–Trinajstić information content (AvgIpc) is 2.93. The summed E-state index contributed by atoms with van der Waals surface area (Å²) in [6.45, 7) is 2.97. The first-order valence-electron chi connectivity index (χ1n) is 9.32. The number of fused-ring (bicyclic) bond motifs is 1. The van der Waals surface area contributed by atoms with Crippen LogP contribution in [0.25, 0.3) is 10.8 Å². The Morgan fingerprint density at radius 3 is 2.63 bits per heavy atom. The normalized spacial score (nSPS) is 16.0. The minimum absolute atomic E-state index is 0.127. The molecule has 8 nitrogen and oxygen atoms in total. The predicted molar refractivity (Wildman–Crippen MR) is 109 cm³/mol. The molecule has 0 aliphatic carbocycles. The molecule has 2 N–H and O–H groups in total. The van der Waals surface area contributed by atoms with Crippen molar-refractivity contribution in [2.24, 2.45) is 5.41 Å². The molecule has 0 atom stereocenters. The van der Waals surface area contributed by atoms with Gasteiger partial charge in [-0.05, 0) is 56.2 Å². The molecule has 1 saturated heterocycles. The number of aromatic hydroxyl groups is 1. The number of hydrogen-bond acceptors (Lipinski definition) is 6. The van der Waals surface area contributed by atoms with Crippen LogP contribution in [-0.4, -0.2) is 39.1 Å². The molecule has 3 rings (SSSR count). The highest BCUT2D eigenvalue weighted by Crippen LogP contribution is 2.38. The Balaban J connectivity index is 1.91. The maximum Gasteiger partial charge on any atom is 0.326 e. The standard InChI is InChI=1S/C20H23FN2O6S/c1-20(2,19(26)29-3)8-4-5-12-6-7-13-10-15(24)18(17(21)14(13)9-12)23-11-16(25)22-30(23,27)28/h6-7,9-10,24H,4-5,8,11H2,1-3H3,(H,22,25).